The van der Waals surface area contributed by atoms with Gasteiger partial charge in [0.25, 0.3) is 0 Å². The molecule has 1 heteroatoms. The topological polar surface area (TPSA) is 12.0 Å². The van der Waals surface area contributed by atoms with E-state index in [4.69, 9.17) is 0 Å². The summed E-state index contributed by atoms with van der Waals surface area (Å²) in [5.41, 5.74) is 4.85. The number of rotatable bonds is 5. The lowest BCUT2D eigenvalue weighted by Crippen LogP contribution is -2.00. The van der Waals surface area contributed by atoms with Crippen molar-refractivity contribution >= 4 is 17.0 Å². The molecule has 0 bridgehead atoms. The highest BCUT2D eigenvalue weighted by Gasteiger charge is 2.06. The molecule has 19 heavy (non-hydrogen) atoms. The molecule has 0 unspecified atom stereocenters. The Morgan fingerprint density at radius 3 is 2.05 bits per heavy atom. The largest absolute Gasteiger partial charge is 0.356 e. The molecule has 1 nitrogen and oxygen atoms in total. The maximum Gasteiger partial charge on any atom is 0.0391 e. The summed E-state index contributed by atoms with van der Waals surface area (Å²) in [5, 5.41) is 3.31. The Kier molecular flexibility index (Phi) is 3.99. The average Bonchev–Trinajstić information content (AvgIpc) is 2.47. The van der Waals surface area contributed by atoms with Crippen molar-refractivity contribution in [1.82, 2.24) is 0 Å². The average molecular weight is 247 g/mol. The van der Waals surface area contributed by atoms with Crippen LogP contribution >= 0.6 is 0 Å². The first-order chi connectivity index (χ1) is 9.22. The minimum Gasteiger partial charge on any atom is -0.356 e. The monoisotopic (exact) mass is 247 g/mol. The first-order valence-corrected chi connectivity index (χ1v) is 6.14. The molecule has 0 saturated heterocycles. The summed E-state index contributed by atoms with van der Waals surface area (Å²) in [6, 6.07) is 18.0. The van der Waals surface area contributed by atoms with E-state index < -0.39 is 0 Å². The van der Waals surface area contributed by atoms with E-state index in [9.17, 15) is 0 Å². The van der Waals surface area contributed by atoms with Gasteiger partial charge < -0.3 is 5.32 Å². The predicted octanol–water partition coefficient (Wildman–Crippen LogP) is 4.97. The van der Waals surface area contributed by atoms with Crippen LogP contribution in [0.25, 0.3) is 11.3 Å². The minimum absolute atomic E-state index is 0.852. The lowest BCUT2D eigenvalue weighted by Gasteiger charge is -2.14. The number of nitrogens with one attached hydrogen (secondary N) is 1. The van der Waals surface area contributed by atoms with Gasteiger partial charge in [-0.05, 0) is 23.3 Å². The van der Waals surface area contributed by atoms with Crippen molar-refractivity contribution in [2.75, 3.05) is 5.32 Å². The lowest BCUT2D eigenvalue weighted by atomic mass is 9.99. The zero-order valence-electron chi connectivity index (χ0n) is 10.9. The molecule has 0 aliphatic carbocycles. The molecule has 0 saturated carbocycles. The molecule has 1 N–H and O–H groups in total. The molecule has 0 spiro atoms. The Morgan fingerprint density at radius 1 is 0.842 bits per heavy atom. The van der Waals surface area contributed by atoms with Gasteiger partial charge in [-0.1, -0.05) is 68.3 Å². The van der Waals surface area contributed by atoms with Crippen LogP contribution in [-0.4, -0.2) is 0 Å². The molecule has 2 aromatic carbocycles. The molecule has 2 rings (SSSR count). The number of allylic oxidation sites excluding steroid dienone is 2. The van der Waals surface area contributed by atoms with Gasteiger partial charge in [0.2, 0.25) is 0 Å². The second-order valence-corrected chi connectivity index (χ2v) is 4.24. The second kappa shape index (κ2) is 5.87. The normalized spacial score (nSPS) is 9.68. The van der Waals surface area contributed by atoms with Crippen molar-refractivity contribution in [3.63, 3.8) is 0 Å². The van der Waals surface area contributed by atoms with Crippen molar-refractivity contribution in [3.05, 3.63) is 91.5 Å². The third-order valence-corrected chi connectivity index (χ3v) is 2.91. The van der Waals surface area contributed by atoms with Crippen LogP contribution in [0.1, 0.15) is 11.1 Å². The third-order valence-electron chi connectivity index (χ3n) is 2.91. The standard InChI is InChI=1S/C18H17N/c1-4-14(2)17-12-8-9-13-18(17)15(3)19-16-10-6-5-7-11-16/h4-13,19H,1-3H2. The number of benzene rings is 2. The Morgan fingerprint density at radius 2 is 1.42 bits per heavy atom. The highest BCUT2D eigenvalue weighted by atomic mass is 14.9. The second-order valence-electron chi connectivity index (χ2n) is 4.24. The first-order valence-electron chi connectivity index (χ1n) is 6.14. The minimum atomic E-state index is 0.852. The molecule has 0 aromatic heterocycles. The summed E-state index contributed by atoms with van der Waals surface area (Å²) in [6.45, 7) is 11.9. The van der Waals surface area contributed by atoms with Gasteiger partial charge in [0.05, 0.1) is 0 Å². The van der Waals surface area contributed by atoms with Gasteiger partial charge >= 0.3 is 0 Å². The van der Waals surface area contributed by atoms with Crippen molar-refractivity contribution < 1.29 is 0 Å². The molecule has 0 atom stereocenters. The quantitative estimate of drug-likeness (QED) is 0.736. The predicted molar refractivity (Wildman–Crippen MR) is 84.8 cm³/mol. The Hall–Kier alpha value is -2.54. The number of para-hydroxylation sites is 1. The first kappa shape index (κ1) is 12.9. The van der Waals surface area contributed by atoms with Crippen LogP contribution in [0.2, 0.25) is 0 Å². The Labute approximate surface area is 114 Å². The smallest absolute Gasteiger partial charge is 0.0391 e. The van der Waals surface area contributed by atoms with Gasteiger partial charge in [0.1, 0.15) is 0 Å². The molecule has 0 aliphatic heterocycles. The van der Waals surface area contributed by atoms with Gasteiger partial charge in [-0.15, -0.1) is 0 Å². The van der Waals surface area contributed by atoms with E-state index in [1.807, 2.05) is 54.6 Å². The van der Waals surface area contributed by atoms with Crippen molar-refractivity contribution in [2.45, 2.75) is 0 Å². The molecule has 94 valence electrons. The number of hydrogen-bond acceptors (Lipinski definition) is 1. The van der Waals surface area contributed by atoms with Gasteiger partial charge in [-0.3, -0.25) is 0 Å². The summed E-state index contributed by atoms with van der Waals surface area (Å²) in [4.78, 5) is 0. The third kappa shape index (κ3) is 3.02. The van der Waals surface area contributed by atoms with Crippen LogP contribution in [0.4, 0.5) is 5.69 Å². The van der Waals surface area contributed by atoms with Gasteiger partial charge in [0.15, 0.2) is 0 Å². The maximum atomic E-state index is 4.11. The van der Waals surface area contributed by atoms with Crippen LogP contribution < -0.4 is 5.32 Å². The summed E-state index contributed by atoms with van der Waals surface area (Å²) >= 11 is 0. The molecular weight excluding hydrogens is 230 g/mol. The molecule has 0 radical (unpaired) electrons. The van der Waals surface area contributed by atoms with Gasteiger partial charge in [-0.25, -0.2) is 0 Å². The van der Waals surface area contributed by atoms with Crippen LogP contribution in [0.5, 0.6) is 0 Å². The Balaban J connectivity index is 2.29. The highest BCUT2D eigenvalue weighted by molar-refractivity contribution is 5.85. The molecule has 0 fully saturated rings. The summed E-state index contributed by atoms with van der Waals surface area (Å²) in [5.74, 6) is 0. The van der Waals surface area contributed by atoms with Crippen LogP contribution in [0.15, 0.2) is 80.4 Å². The molecule has 2 aromatic rings. The van der Waals surface area contributed by atoms with E-state index in [1.165, 1.54) is 0 Å². The maximum absolute atomic E-state index is 4.11. The molecular formula is C18H17N. The lowest BCUT2D eigenvalue weighted by molar-refractivity contribution is 1.51. The summed E-state index contributed by atoms with van der Waals surface area (Å²) in [7, 11) is 0. The van der Waals surface area contributed by atoms with E-state index in [2.05, 4.69) is 25.1 Å². The zero-order valence-corrected chi connectivity index (χ0v) is 10.9. The van der Waals surface area contributed by atoms with E-state index >= 15 is 0 Å². The van der Waals surface area contributed by atoms with E-state index in [0.29, 0.717) is 0 Å². The molecule has 0 amide bonds. The highest BCUT2D eigenvalue weighted by Crippen LogP contribution is 2.25. The van der Waals surface area contributed by atoms with Crippen molar-refractivity contribution in [3.8, 4) is 0 Å². The number of hydrogen-bond donors (Lipinski definition) is 1. The Bertz CT molecular complexity index is 609. The zero-order chi connectivity index (χ0) is 13.7. The van der Waals surface area contributed by atoms with Crippen LogP contribution in [0, 0.1) is 0 Å². The van der Waals surface area contributed by atoms with E-state index in [-0.39, 0.29) is 0 Å². The fraction of sp³-hybridized carbons (Fsp3) is 0. The van der Waals surface area contributed by atoms with Crippen molar-refractivity contribution in [1.29, 1.82) is 0 Å². The molecule has 0 aliphatic rings. The van der Waals surface area contributed by atoms with E-state index in [1.54, 1.807) is 6.08 Å². The SMILES string of the molecule is C=CC(=C)c1ccccc1C(=C)Nc1ccccc1. The summed E-state index contributed by atoms with van der Waals surface area (Å²) < 4.78 is 0. The van der Waals surface area contributed by atoms with Gasteiger partial charge in [-0.2, -0.15) is 0 Å². The van der Waals surface area contributed by atoms with Crippen LogP contribution in [0.3, 0.4) is 0 Å². The fourth-order valence-corrected chi connectivity index (χ4v) is 1.90. The number of anilines is 1. The summed E-state index contributed by atoms with van der Waals surface area (Å²) in [6.07, 6.45) is 1.76. The fourth-order valence-electron chi connectivity index (χ4n) is 1.90. The van der Waals surface area contributed by atoms with Crippen LogP contribution in [-0.2, 0) is 0 Å². The van der Waals surface area contributed by atoms with E-state index in [0.717, 1.165) is 28.1 Å². The van der Waals surface area contributed by atoms with Crippen molar-refractivity contribution in [2.24, 2.45) is 0 Å². The van der Waals surface area contributed by atoms with Gasteiger partial charge in [0, 0.05) is 16.9 Å². The molecule has 0 heterocycles.